The fourth-order valence-electron chi connectivity index (χ4n) is 8.70. The molecule has 0 amide bonds. The number of aromatic nitrogens is 4. The predicted molar refractivity (Wildman–Crippen MR) is 222 cm³/mol. The van der Waals surface area contributed by atoms with Gasteiger partial charge in [0.1, 0.15) is 17.3 Å². The zero-order valence-electron chi connectivity index (χ0n) is 33.8. The molecule has 3 aromatic carbocycles. The quantitative estimate of drug-likeness (QED) is 0.141. The number of fused-ring (bicyclic) bond motifs is 3. The van der Waals surface area contributed by atoms with E-state index in [1.54, 1.807) is 0 Å². The maximum Gasteiger partial charge on any atom is 0.137 e. The third kappa shape index (κ3) is 7.20. The van der Waals surface area contributed by atoms with E-state index in [2.05, 4.69) is 164 Å². The first kappa shape index (κ1) is 36.7. The summed E-state index contributed by atoms with van der Waals surface area (Å²) in [5, 5.41) is 7.71. The Kier molecular flexibility index (Phi) is 9.91. The number of rotatable bonds is 9. The molecule has 53 heavy (non-hydrogen) atoms. The van der Waals surface area contributed by atoms with Gasteiger partial charge in [-0.25, -0.2) is 9.67 Å². The number of allylic oxidation sites excluding steroid dienone is 2. The minimum Gasteiger partial charge on any atom is -0.457 e. The van der Waals surface area contributed by atoms with Crippen molar-refractivity contribution in [2.24, 2.45) is 17.8 Å². The second-order valence-corrected chi connectivity index (χ2v) is 17.6. The van der Waals surface area contributed by atoms with Gasteiger partial charge in [0, 0.05) is 46.3 Å². The van der Waals surface area contributed by atoms with Crippen molar-refractivity contribution in [3.8, 4) is 23.0 Å². The van der Waals surface area contributed by atoms with E-state index in [0.717, 1.165) is 52.6 Å². The van der Waals surface area contributed by atoms with Gasteiger partial charge in [-0.15, -0.1) is 0 Å². The first-order chi connectivity index (χ1) is 25.2. The second kappa shape index (κ2) is 14.3. The van der Waals surface area contributed by atoms with Crippen LogP contribution in [-0.2, 0) is 11.8 Å². The molecule has 276 valence electrons. The molecular weight excluding hydrogens is 649 g/mol. The van der Waals surface area contributed by atoms with Crippen LogP contribution >= 0.6 is 0 Å². The van der Waals surface area contributed by atoms with E-state index < -0.39 is 0 Å². The smallest absolute Gasteiger partial charge is 0.137 e. The van der Waals surface area contributed by atoms with Crippen molar-refractivity contribution in [3.63, 3.8) is 0 Å². The van der Waals surface area contributed by atoms with Gasteiger partial charge in [-0.1, -0.05) is 92.2 Å². The molecular formula is C48H58N4O. The molecule has 5 nitrogen and oxygen atoms in total. The molecule has 3 atom stereocenters. The van der Waals surface area contributed by atoms with Crippen LogP contribution in [0.2, 0.25) is 0 Å². The van der Waals surface area contributed by atoms with Crippen LogP contribution in [0.25, 0.3) is 33.3 Å². The Morgan fingerprint density at radius 2 is 1.60 bits per heavy atom. The van der Waals surface area contributed by atoms with Crippen LogP contribution < -0.4 is 4.74 Å². The van der Waals surface area contributed by atoms with Crippen molar-refractivity contribution in [2.75, 3.05) is 0 Å². The zero-order valence-corrected chi connectivity index (χ0v) is 33.8. The minimum absolute atomic E-state index is 0.00908. The molecule has 0 aliphatic heterocycles. The second-order valence-electron chi connectivity index (χ2n) is 17.6. The highest BCUT2D eigenvalue weighted by Gasteiger charge is 2.32. The van der Waals surface area contributed by atoms with Gasteiger partial charge in [-0.3, -0.25) is 4.57 Å². The molecule has 0 spiro atoms. The van der Waals surface area contributed by atoms with Crippen molar-refractivity contribution in [1.29, 1.82) is 0 Å². The predicted octanol–water partition coefficient (Wildman–Crippen LogP) is 13.2. The molecule has 0 saturated carbocycles. The largest absolute Gasteiger partial charge is 0.457 e. The maximum atomic E-state index is 6.86. The average molecular weight is 707 g/mol. The highest BCUT2D eigenvalue weighted by atomic mass is 16.5. The summed E-state index contributed by atoms with van der Waals surface area (Å²) < 4.78 is 11.4. The summed E-state index contributed by atoms with van der Waals surface area (Å²) in [5.41, 5.74) is 11.2. The van der Waals surface area contributed by atoms with Gasteiger partial charge in [0.25, 0.3) is 0 Å². The Labute approximate surface area is 317 Å². The Balaban J connectivity index is 1.34. The number of benzene rings is 3. The van der Waals surface area contributed by atoms with Gasteiger partial charge >= 0.3 is 0 Å². The highest BCUT2D eigenvalue weighted by molar-refractivity contribution is 6.09. The van der Waals surface area contributed by atoms with Crippen molar-refractivity contribution in [1.82, 2.24) is 19.3 Å². The molecule has 1 unspecified atom stereocenters. The Morgan fingerprint density at radius 1 is 0.849 bits per heavy atom. The lowest BCUT2D eigenvalue weighted by Crippen LogP contribution is -2.21. The summed E-state index contributed by atoms with van der Waals surface area (Å²) in [6.07, 6.45) is 7.74. The maximum absolute atomic E-state index is 6.86. The highest BCUT2D eigenvalue weighted by Crippen LogP contribution is 2.44. The third-order valence-corrected chi connectivity index (χ3v) is 11.4. The van der Waals surface area contributed by atoms with Crippen molar-refractivity contribution in [2.45, 2.75) is 113 Å². The molecule has 0 N–H and O–H groups in total. The van der Waals surface area contributed by atoms with E-state index in [-0.39, 0.29) is 5.41 Å². The number of hydrogen-bond donors (Lipinski definition) is 0. The average Bonchev–Trinajstić information content (AvgIpc) is 3.60. The van der Waals surface area contributed by atoms with Crippen molar-refractivity contribution < 1.29 is 4.74 Å². The van der Waals surface area contributed by atoms with Gasteiger partial charge in [-0.05, 0) is 116 Å². The summed E-state index contributed by atoms with van der Waals surface area (Å²) in [7, 11) is 0. The summed E-state index contributed by atoms with van der Waals surface area (Å²) in [4.78, 5) is 4.88. The molecule has 7 rings (SSSR count). The minimum atomic E-state index is 0.00908. The summed E-state index contributed by atoms with van der Waals surface area (Å²) >= 11 is 0. The van der Waals surface area contributed by atoms with Gasteiger partial charge in [0.05, 0.1) is 22.4 Å². The summed E-state index contributed by atoms with van der Waals surface area (Å²) in [6.45, 7) is 25.2. The van der Waals surface area contributed by atoms with Crippen LogP contribution in [0.5, 0.6) is 11.5 Å². The van der Waals surface area contributed by atoms with Crippen LogP contribution in [0.4, 0.5) is 0 Å². The normalized spacial score (nSPS) is 18.1. The van der Waals surface area contributed by atoms with E-state index >= 15 is 0 Å². The number of hydrogen-bond acceptors (Lipinski definition) is 3. The lowest BCUT2D eigenvalue weighted by Gasteiger charge is -2.33. The van der Waals surface area contributed by atoms with Gasteiger partial charge < -0.3 is 4.74 Å². The van der Waals surface area contributed by atoms with Crippen LogP contribution in [-0.4, -0.2) is 19.3 Å². The van der Waals surface area contributed by atoms with E-state index in [1.165, 1.54) is 45.2 Å². The fraction of sp³-hybridized carbons (Fsp3) is 0.417. The summed E-state index contributed by atoms with van der Waals surface area (Å²) in [6, 6.07) is 26.1. The van der Waals surface area contributed by atoms with Crippen molar-refractivity contribution in [3.05, 3.63) is 119 Å². The van der Waals surface area contributed by atoms with E-state index in [4.69, 9.17) is 14.8 Å². The van der Waals surface area contributed by atoms with Crippen LogP contribution in [0.3, 0.4) is 0 Å². The molecule has 5 heteroatoms. The molecule has 1 aliphatic rings. The fourth-order valence-corrected chi connectivity index (χ4v) is 8.70. The molecule has 0 saturated heterocycles. The van der Waals surface area contributed by atoms with E-state index in [0.29, 0.717) is 29.6 Å². The first-order valence-electron chi connectivity index (χ1n) is 19.8. The molecule has 6 aromatic rings. The zero-order chi connectivity index (χ0) is 37.8. The van der Waals surface area contributed by atoms with Crippen LogP contribution in [0, 0.1) is 24.7 Å². The lowest BCUT2D eigenvalue weighted by atomic mass is 9.72. The monoisotopic (exact) mass is 706 g/mol. The Morgan fingerprint density at radius 3 is 2.32 bits per heavy atom. The van der Waals surface area contributed by atoms with Gasteiger partial charge in [0.2, 0.25) is 0 Å². The summed E-state index contributed by atoms with van der Waals surface area (Å²) in [5.74, 6) is 5.03. The molecule has 3 aromatic heterocycles. The van der Waals surface area contributed by atoms with Crippen LogP contribution in [0.15, 0.2) is 90.6 Å². The van der Waals surface area contributed by atoms with Gasteiger partial charge in [0.15, 0.2) is 0 Å². The first-order valence-corrected chi connectivity index (χ1v) is 19.8. The Hall–Kier alpha value is -4.64. The van der Waals surface area contributed by atoms with E-state index in [1.807, 2.05) is 6.20 Å². The topological polar surface area (TPSA) is 44.9 Å². The molecule has 0 fully saturated rings. The van der Waals surface area contributed by atoms with E-state index in [9.17, 15) is 0 Å². The number of pyridine rings is 1. The number of nitrogens with zero attached hydrogens (tertiary/aromatic N) is 4. The number of para-hydroxylation sites is 1. The van der Waals surface area contributed by atoms with Gasteiger partial charge in [-0.2, -0.15) is 5.10 Å². The van der Waals surface area contributed by atoms with Crippen molar-refractivity contribution >= 4 is 21.8 Å². The molecule has 1 aliphatic carbocycles. The number of aryl methyl sites for hydroxylation is 1. The number of ether oxygens (including phenoxy) is 1. The standard InChI is InChI=1S/C48H58N4O/c1-29(2)16-19-43-47(46-32(6)22-31(5)23-33(46)7)34(8)50-52(43)37-24-35(30(3)4)25-39(27-37)53-38-17-18-41-40-14-12-13-15-42(40)51(44(41)28-38)45-26-36(20-21-49-45)48(9,10)11/h12-15,17-18,20-22,24-31,33,46H,16,19,23H2,1-11H3/t31-,33?,46-/m0/s1. The molecule has 0 bridgehead atoms. The SMILES string of the molecule is CC1=C[C@H](C)CC(C)[C@H]1c1c(C)nn(-c2cc(Oc3ccc4c5ccccc5n(-c5cc(C(C)(C)C)ccn5)c4c3)cc(C(C)C)c2)c1CCC(C)C. The van der Waals surface area contributed by atoms with Crippen LogP contribution in [0.1, 0.15) is 122 Å². The third-order valence-electron chi connectivity index (χ3n) is 11.4. The molecule has 0 radical (unpaired) electrons. The molecule has 3 heterocycles. The Bertz CT molecular complexity index is 2310. The lowest BCUT2D eigenvalue weighted by molar-refractivity contribution is 0.389.